The smallest absolute Gasteiger partial charge is 0.370 e. The molecule has 1 aliphatic heterocycles. The number of halogens is 3. The molecule has 1 saturated carbocycles. The van der Waals surface area contributed by atoms with Gasteiger partial charge in [-0.05, 0) is 24.5 Å². The lowest BCUT2D eigenvalue weighted by Crippen LogP contribution is -3.23. The molecule has 27 heavy (non-hydrogen) atoms. The van der Waals surface area contributed by atoms with E-state index in [-0.39, 0.29) is 17.9 Å². The minimum Gasteiger partial charge on any atom is -0.370 e. The average Bonchev–Trinajstić information content (AvgIpc) is 2.67. The van der Waals surface area contributed by atoms with Crippen LogP contribution in [0.3, 0.4) is 0 Å². The van der Waals surface area contributed by atoms with Crippen LogP contribution < -0.4 is 10.2 Å². The lowest BCUT2D eigenvalue weighted by atomic mass is 9.79. The summed E-state index contributed by atoms with van der Waals surface area (Å²) in [7, 11) is 0. The van der Waals surface area contributed by atoms with Crippen LogP contribution in [0.5, 0.6) is 0 Å². The fourth-order valence-electron chi connectivity index (χ4n) is 4.41. The van der Waals surface area contributed by atoms with Gasteiger partial charge in [0.2, 0.25) is 5.91 Å². The predicted molar refractivity (Wildman–Crippen MR) is 95.5 cm³/mol. The van der Waals surface area contributed by atoms with Gasteiger partial charge in [-0.2, -0.15) is 13.2 Å². The highest BCUT2D eigenvalue weighted by molar-refractivity contribution is 5.78. The van der Waals surface area contributed by atoms with Gasteiger partial charge < -0.3 is 15.0 Å². The Balaban J connectivity index is 1.61. The number of amides is 1. The van der Waals surface area contributed by atoms with Crippen molar-refractivity contribution < 1.29 is 27.6 Å². The Kier molecular flexibility index (Phi) is 6.42. The summed E-state index contributed by atoms with van der Waals surface area (Å²) in [6.45, 7) is 3.97. The summed E-state index contributed by atoms with van der Waals surface area (Å²) in [5, 5.41) is 3.02. The van der Waals surface area contributed by atoms with E-state index in [4.69, 9.17) is 4.74 Å². The molecule has 150 valence electrons. The van der Waals surface area contributed by atoms with Crippen molar-refractivity contribution in [2.75, 3.05) is 32.8 Å². The normalized spacial score (nSPS) is 21.0. The maximum absolute atomic E-state index is 12.8. The number of rotatable bonds is 5. The minimum atomic E-state index is -4.39. The van der Waals surface area contributed by atoms with Crippen LogP contribution in [0.25, 0.3) is 0 Å². The van der Waals surface area contributed by atoms with Crippen LogP contribution in [0.2, 0.25) is 0 Å². The van der Waals surface area contributed by atoms with E-state index in [0.717, 1.165) is 64.1 Å². The number of benzene rings is 1. The highest BCUT2D eigenvalue weighted by Crippen LogP contribution is 2.29. The van der Waals surface area contributed by atoms with E-state index < -0.39 is 11.7 Å². The standard InChI is InChI=1S/C20H27F3N2O2/c21-20(22,23)17-6-4-5-16(13-17)14-18(26)24-15-19(7-2-1-3-8-19)25-9-11-27-12-10-25/h4-6,13H,1-3,7-12,14-15H2,(H,24,26)/p+1. The number of nitrogens with one attached hydrogen (secondary N) is 2. The van der Waals surface area contributed by atoms with E-state index in [1.165, 1.54) is 17.4 Å². The van der Waals surface area contributed by atoms with E-state index in [2.05, 4.69) is 5.32 Å². The third-order valence-corrected chi connectivity index (χ3v) is 5.90. The molecular weight excluding hydrogens is 357 g/mol. The van der Waals surface area contributed by atoms with Crippen molar-refractivity contribution in [3.05, 3.63) is 35.4 Å². The largest absolute Gasteiger partial charge is 0.416 e. The van der Waals surface area contributed by atoms with Crippen LogP contribution in [-0.4, -0.2) is 44.3 Å². The van der Waals surface area contributed by atoms with Crippen molar-refractivity contribution in [1.29, 1.82) is 0 Å². The Bertz CT molecular complexity index is 636. The van der Waals surface area contributed by atoms with Gasteiger partial charge in [0.25, 0.3) is 0 Å². The maximum Gasteiger partial charge on any atom is 0.416 e. The summed E-state index contributed by atoms with van der Waals surface area (Å²) >= 11 is 0. The van der Waals surface area contributed by atoms with Crippen LogP contribution in [0, 0.1) is 0 Å². The second-order valence-electron chi connectivity index (χ2n) is 7.71. The third-order valence-electron chi connectivity index (χ3n) is 5.90. The molecule has 0 radical (unpaired) electrons. The van der Waals surface area contributed by atoms with E-state index in [1.807, 2.05) is 0 Å². The fourth-order valence-corrected chi connectivity index (χ4v) is 4.41. The Morgan fingerprint density at radius 3 is 2.52 bits per heavy atom. The highest BCUT2D eigenvalue weighted by atomic mass is 19.4. The van der Waals surface area contributed by atoms with E-state index in [1.54, 1.807) is 6.07 Å². The number of morpholine rings is 1. The summed E-state index contributed by atoms with van der Waals surface area (Å²) in [5.74, 6) is -0.216. The third kappa shape index (κ3) is 5.23. The van der Waals surface area contributed by atoms with E-state index >= 15 is 0 Å². The lowest BCUT2D eigenvalue weighted by molar-refractivity contribution is -0.960. The first-order chi connectivity index (χ1) is 12.9. The van der Waals surface area contributed by atoms with Gasteiger partial charge in [-0.3, -0.25) is 4.79 Å². The number of alkyl halides is 3. The molecule has 1 amide bonds. The zero-order valence-corrected chi connectivity index (χ0v) is 15.5. The van der Waals surface area contributed by atoms with Crippen LogP contribution >= 0.6 is 0 Å². The number of quaternary nitrogens is 1. The van der Waals surface area contributed by atoms with Crippen LogP contribution in [0.4, 0.5) is 13.2 Å². The van der Waals surface area contributed by atoms with Gasteiger partial charge in [0, 0.05) is 12.8 Å². The summed E-state index contributed by atoms with van der Waals surface area (Å²) in [4.78, 5) is 13.9. The zero-order chi connectivity index (χ0) is 19.3. The Hall–Kier alpha value is -1.60. The van der Waals surface area contributed by atoms with Gasteiger partial charge in [-0.1, -0.05) is 24.6 Å². The lowest BCUT2D eigenvalue weighted by Gasteiger charge is -2.45. The van der Waals surface area contributed by atoms with Crippen LogP contribution in [0.1, 0.15) is 43.2 Å². The van der Waals surface area contributed by atoms with Crippen molar-refractivity contribution in [2.24, 2.45) is 0 Å². The number of hydrogen-bond donors (Lipinski definition) is 2. The molecule has 1 aromatic rings. The molecule has 2 N–H and O–H groups in total. The Labute approximate surface area is 158 Å². The molecule has 7 heteroatoms. The van der Waals surface area contributed by atoms with E-state index in [9.17, 15) is 18.0 Å². The molecule has 1 heterocycles. The molecule has 0 bridgehead atoms. The minimum absolute atomic E-state index is 0.0293. The monoisotopic (exact) mass is 385 g/mol. The fraction of sp³-hybridized carbons (Fsp3) is 0.650. The molecule has 1 aliphatic carbocycles. The molecule has 0 aromatic heterocycles. The Morgan fingerprint density at radius 1 is 1.15 bits per heavy atom. The van der Waals surface area contributed by atoms with Crippen molar-refractivity contribution in [2.45, 2.75) is 50.2 Å². The number of carbonyl (C=O) groups is 1. The van der Waals surface area contributed by atoms with E-state index in [0.29, 0.717) is 12.1 Å². The number of ether oxygens (including phenoxy) is 1. The van der Waals surface area contributed by atoms with Crippen molar-refractivity contribution in [3.63, 3.8) is 0 Å². The second kappa shape index (κ2) is 8.61. The molecule has 0 atom stereocenters. The molecule has 2 fully saturated rings. The first-order valence-corrected chi connectivity index (χ1v) is 9.75. The predicted octanol–water partition coefficient (Wildman–Crippen LogP) is 1.98. The molecule has 0 unspecified atom stereocenters. The quantitative estimate of drug-likeness (QED) is 0.814. The highest BCUT2D eigenvalue weighted by Gasteiger charge is 2.42. The molecule has 4 nitrogen and oxygen atoms in total. The van der Waals surface area contributed by atoms with Gasteiger partial charge in [0.05, 0.1) is 31.7 Å². The summed E-state index contributed by atoms with van der Waals surface area (Å²) in [6, 6.07) is 5.01. The van der Waals surface area contributed by atoms with Gasteiger partial charge in [-0.15, -0.1) is 0 Å². The second-order valence-corrected chi connectivity index (χ2v) is 7.71. The molecule has 0 spiro atoms. The molecule has 1 aromatic carbocycles. The van der Waals surface area contributed by atoms with Crippen molar-refractivity contribution >= 4 is 5.91 Å². The number of hydrogen-bond acceptors (Lipinski definition) is 2. The molecular formula is C20H28F3N2O2+. The number of carbonyl (C=O) groups excluding carboxylic acids is 1. The topological polar surface area (TPSA) is 42.8 Å². The maximum atomic E-state index is 12.8. The molecule has 3 rings (SSSR count). The summed E-state index contributed by atoms with van der Waals surface area (Å²) < 4.78 is 44.0. The first kappa shape index (κ1) is 20.1. The summed E-state index contributed by atoms with van der Waals surface area (Å²) in [6.07, 6.45) is 1.28. The summed E-state index contributed by atoms with van der Waals surface area (Å²) in [5.41, 5.74) is -0.293. The molecule has 1 saturated heterocycles. The van der Waals surface area contributed by atoms with Crippen LogP contribution in [-0.2, 0) is 22.1 Å². The first-order valence-electron chi connectivity index (χ1n) is 9.75. The van der Waals surface area contributed by atoms with Crippen molar-refractivity contribution in [3.8, 4) is 0 Å². The Morgan fingerprint density at radius 2 is 1.85 bits per heavy atom. The van der Waals surface area contributed by atoms with Crippen LogP contribution in [0.15, 0.2) is 24.3 Å². The van der Waals surface area contributed by atoms with Gasteiger partial charge in [0.1, 0.15) is 18.6 Å². The SMILES string of the molecule is O=C(Cc1cccc(C(F)(F)F)c1)NCC1([NH+]2CCOCC2)CCCCC1. The zero-order valence-electron chi connectivity index (χ0n) is 15.5. The average molecular weight is 385 g/mol. The van der Waals surface area contributed by atoms with Crippen molar-refractivity contribution in [1.82, 2.24) is 5.32 Å². The van der Waals surface area contributed by atoms with Gasteiger partial charge >= 0.3 is 6.18 Å². The molecule has 2 aliphatic rings. The van der Waals surface area contributed by atoms with Gasteiger partial charge in [-0.25, -0.2) is 0 Å². The van der Waals surface area contributed by atoms with Gasteiger partial charge in [0.15, 0.2) is 0 Å².